The lowest BCUT2D eigenvalue weighted by molar-refractivity contribution is -0.129. The highest BCUT2D eigenvalue weighted by atomic mass is 33.1. The van der Waals surface area contributed by atoms with Crippen molar-refractivity contribution in [1.82, 2.24) is 5.32 Å². The summed E-state index contributed by atoms with van der Waals surface area (Å²) in [4.78, 5) is 84.1. The van der Waals surface area contributed by atoms with Gasteiger partial charge in [-0.05, 0) is 160 Å². The first kappa shape index (κ1) is 57.1. The molecule has 0 saturated heterocycles. The Morgan fingerprint density at radius 2 is 1.42 bits per heavy atom. The molecule has 14 nitrogen and oxygen atoms in total. The van der Waals surface area contributed by atoms with E-state index in [1.54, 1.807) is 65.6 Å². The van der Waals surface area contributed by atoms with Crippen LogP contribution in [0.15, 0.2) is 91.0 Å². The monoisotopic (exact) mass is 1110 g/mol. The number of carbonyl (C=O) groups excluding carboxylic acids is 6. The van der Waals surface area contributed by atoms with Gasteiger partial charge in [0, 0.05) is 82.8 Å². The van der Waals surface area contributed by atoms with Crippen LogP contribution in [0.25, 0.3) is 0 Å². The molecule has 5 atom stereocenters. The van der Waals surface area contributed by atoms with Crippen molar-refractivity contribution in [3.63, 3.8) is 0 Å². The number of aliphatic hydroxyl groups is 1. The summed E-state index contributed by atoms with van der Waals surface area (Å²) in [5, 5.41) is 17.4. The van der Waals surface area contributed by atoms with Crippen LogP contribution < -0.4 is 34.6 Å². The summed E-state index contributed by atoms with van der Waals surface area (Å²) in [6, 6.07) is 27.6. The summed E-state index contributed by atoms with van der Waals surface area (Å²) >= 11 is 0. The number of nitrogens with one attached hydrogen (secondary N) is 2. The predicted octanol–water partition coefficient (Wildman–Crippen LogP) is 10.9. The summed E-state index contributed by atoms with van der Waals surface area (Å²) in [7, 11) is 4.95. The van der Waals surface area contributed by atoms with Gasteiger partial charge >= 0.3 is 0 Å². The van der Waals surface area contributed by atoms with E-state index >= 15 is 0 Å². The van der Waals surface area contributed by atoms with E-state index in [1.807, 2.05) is 85.5 Å². The van der Waals surface area contributed by atoms with Crippen molar-refractivity contribution in [3.8, 4) is 17.2 Å². The Hall–Kier alpha value is -6.62. The quantitative estimate of drug-likeness (QED) is 0.0417. The van der Waals surface area contributed by atoms with E-state index in [0.29, 0.717) is 82.9 Å². The van der Waals surface area contributed by atoms with Crippen LogP contribution in [0.5, 0.6) is 17.2 Å². The highest BCUT2D eigenvalue weighted by molar-refractivity contribution is 8.77. The third-order valence-corrected chi connectivity index (χ3v) is 19.1. The van der Waals surface area contributed by atoms with Gasteiger partial charge in [-0.3, -0.25) is 28.8 Å². The summed E-state index contributed by atoms with van der Waals surface area (Å²) in [6.45, 7) is 11.4. The maximum Gasteiger partial charge on any atom is 0.258 e. The van der Waals surface area contributed by atoms with Crippen LogP contribution in [-0.4, -0.2) is 82.1 Å². The fourth-order valence-electron chi connectivity index (χ4n) is 11.1. The van der Waals surface area contributed by atoms with Gasteiger partial charge in [0.25, 0.3) is 11.8 Å². The second-order valence-corrected chi connectivity index (χ2v) is 25.2. The lowest BCUT2D eigenvalue weighted by Crippen LogP contribution is -2.43. The highest BCUT2D eigenvalue weighted by Gasteiger charge is 2.42. The summed E-state index contributed by atoms with van der Waals surface area (Å²) in [5.74, 6) is 0.687. The number of ketones is 2. The first-order chi connectivity index (χ1) is 37.9. The molecule has 9 rings (SSSR count). The molecule has 1 unspecified atom stereocenters. The zero-order valence-corrected chi connectivity index (χ0v) is 47.9. The van der Waals surface area contributed by atoms with Crippen molar-refractivity contribution in [1.29, 1.82) is 0 Å². The molecule has 0 spiro atoms. The molecule has 5 aromatic carbocycles. The topological polar surface area (TPSA) is 181 Å². The molecule has 16 heteroatoms. The van der Waals surface area contributed by atoms with Crippen molar-refractivity contribution in [2.24, 2.45) is 5.92 Å². The Labute approximate surface area is 471 Å². The van der Waals surface area contributed by atoms with Gasteiger partial charge in [0.2, 0.25) is 11.8 Å². The SMILES string of the molecule is CCC(=O)CCCSSC(C)(C)CCC(=O)N[C@@H](C)C(=O)C[C@H](C)C(=O)Nc1cc(COc2cc3c(cc2C)C(=O)N2c4ccccc4C[C@H]2C(O)C3)cc(COc2cc3c(cc2OC)C(=O)N2c4ccccc4C[C@H]2CC3)c1. The molecule has 0 aromatic heterocycles. The maximum absolute atomic E-state index is 14.2. The van der Waals surface area contributed by atoms with E-state index in [9.17, 15) is 33.9 Å². The van der Waals surface area contributed by atoms with E-state index in [2.05, 4.69) is 30.5 Å². The van der Waals surface area contributed by atoms with E-state index in [4.69, 9.17) is 14.2 Å². The molecular weight excluding hydrogens is 1040 g/mol. The number of fused-ring (bicyclic) bond motifs is 8. The molecular formula is C63H72N4O10S2. The number of hydrogen-bond donors (Lipinski definition) is 3. The Morgan fingerprint density at radius 1 is 0.772 bits per heavy atom. The van der Waals surface area contributed by atoms with Gasteiger partial charge in [-0.1, -0.05) is 71.8 Å². The Balaban J connectivity index is 0.888. The number of aryl methyl sites for hydroxylation is 2. The number of rotatable bonds is 23. The van der Waals surface area contributed by atoms with Gasteiger partial charge in [-0.2, -0.15) is 0 Å². The minimum absolute atomic E-state index is 0.0548. The van der Waals surface area contributed by atoms with Crippen molar-refractivity contribution in [2.75, 3.05) is 28.0 Å². The van der Waals surface area contributed by atoms with Crippen molar-refractivity contribution in [3.05, 3.63) is 141 Å². The van der Waals surface area contributed by atoms with Gasteiger partial charge in [-0.25, -0.2) is 0 Å². The van der Waals surface area contributed by atoms with Crippen LogP contribution in [0.2, 0.25) is 0 Å². The summed E-state index contributed by atoms with van der Waals surface area (Å²) in [5.41, 5.74) is 9.23. The molecule has 79 heavy (non-hydrogen) atoms. The second kappa shape index (κ2) is 24.8. The summed E-state index contributed by atoms with van der Waals surface area (Å²) in [6.07, 6.45) is 5.04. The Kier molecular flexibility index (Phi) is 17.9. The molecule has 0 saturated carbocycles. The largest absolute Gasteiger partial charge is 0.493 e. The highest BCUT2D eigenvalue weighted by Crippen LogP contribution is 2.43. The van der Waals surface area contributed by atoms with Crippen molar-refractivity contribution >= 4 is 73.8 Å². The lowest BCUT2D eigenvalue weighted by atomic mass is 9.96. The normalized spacial score (nSPS) is 17.9. The molecule has 0 fully saturated rings. The van der Waals surface area contributed by atoms with Crippen LogP contribution in [0.1, 0.15) is 139 Å². The maximum atomic E-state index is 14.2. The number of para-hydroxylation sites is 2. The molecule has 0 radical (unpaired) electrons. The van der Waals surface area contributed by atoms with Crippen LogP contribution >= 0.6 is 21.6 Å². The molecule has 4 heterocycles. The minimum Gasteiger partial charge on any atom is -0.493 e. The molecule has 416 valence electrons. The summed E-state index contributed by atoms with van der Waals surface area (Å²) < 4.78 is 18.7. The number of ether oxygens (including phenoxy) is 3. The molecule has 4 aliphatic heterocycles. The molecule has 5 aromatic rings. The van der Waals surface area contributed by atoms with Crippen LogP contribution in [0.3, 0.4) is 0 Å². The number of anilines is 3. The van der Waals surface area contributed by atoms with E-state index < -0.39 is 18.1 Å². The predicted molar refractivity (Wildman–Crippen MR) is 312 cm³/mol. The Bertz CT molecular complexity index is 3160. The zero-order chi connectivity index (χ0) is 56.1. The molecule has 0 bridgehead atoms. The minimum atomic E-state index is -0.795. The standard InChI is InChI=1S/C63H72N4O10S2/c1-8-48(68)16-13-23-78-79-63(5,6)22-21-59(71)64-39(4)54(69)25-38(3)60(72)65-46-27-40(35-76-56-33-45-31-55(70)53-30-44-15-10-12-18-52(44)67(53)62(74)49(45)24-37(56)2)26-41(28-46)36-77-58-32-42-19-20-47-29-43-14-9-11-17-51(43)66(47)61(73)50(42)34-57(58)75-7/h9-12,14-15,17-18,24,26-28,32-34,38-39,47,53,55,70H,8,13,16,19-23,25,29-31,35-36H2,1-7H3,(H,64,71)(H,65,72)/t38-,39-,47+,53-,55?/m0/s1. The van der Waals surface area contributed by atoms with Gasteiger partial charge in [0.15, 0.2) is 17.3 Å². The molecule has 0 aliphatic carbocycles. The molecule has 3 N–H and O–H groups in total. The van der Waals surface area contributed by atoms with Gasteiger partial charge in [-0.15, -0.1) is 0 Å². The number of carbonyl (C=O) groups is 6. The zero-order valence-electron chi connectivity index (χ0n) is 46.3. The van der Waals surface area contributed by atoms with Crippen molar-refractivity contribution < 1.29 is 48.1 Å². The van der Waals surface area contributed by atoms with Crippen LogP contribution in [0.4, 0.5) is 17.1 Å². The molecule has 4 aliphatic rings. The number of nitrogens with zero attached hydrogens (tertiary/aromatic N) is 2. The van der Waals surface area contributed by atoms with E-state index in [1.165, 1.54) is 5.56 Å². The second-order valence-electron chi connectivity index (χ2n) is 22.1. The number of Topliss-reactive ketones (excluding diaryl/α,β-unsaturated/α-hetero) is 2. The first-order valence-corrected chi connectivity index (χ1v) is 29.9. The average Bonchev–Trinajstić information content (AvgIpc) is 4.04. The van der Waals surface area contributed by atoms with Crippen LogP contribution in [0, 0.1) is 12.8 Å². The third-order valence-electron chi connectivity index (χ3n) is 15.6. The fourth-order valence-corrected chi connectivity index (χ4v) is 13.8. The lowest BCUT2D eigenvalue weighted by Gasteiger charge is -2.26. The third kappa shape index (κ3) is 13.2. The van der Waals surface area contributed by atoms with Crippen molar-refractivity contribution in [2.45, 2.75) is 154 Å². The van der Waals surface area contributed by atoms with Gasteiger partial charge in [0.05, 0.1) is 25.3 Å². The Morgan fingerprint density at radius 3 is 2.13 bits per heavy atom. The molecule has 4 amide bonds. The van der Waals surface area contributed by atoms with E-state index in [-0.39, 0.29) is 84.5 Å². The smallest absolute Gasteiger partial charge is 0.258 e. The number of methoxy groups -OCH3 is 1. The fraction of sp³-hybridized carbons (Fsp3) is 0.429. The average molecular weight is 1110 g/mol. The van der Waals surface area contributed by atoms with Gasteiger partial charge in [0.1, 0.15) is 24.7 Å². The van der Waals surface area contributed by atoms with E-state index in [0.717, 1.165) is 53.1 Å². The number of aliphatic hydroxyl groups excluding tert-OH is 1. The van der Waals surface area contributed by atoms with Crippen LogP contribution in [-0.2, 0) is 58.1 Å². The number of hydrogen-bond acceptors (Lipinski definition) is 12. The van der Waals surface area contributed by atoms with Gasteiger partial charge < -0.3 is 39.8 Å². The number of amides is 4. The first-order valence-electron chi connectivity index (χ1n) is 27.6. The number of benzene rings is 5.